The lowest BCUT2D eigenvalue weighted by Gasteiger charge is -2.35. The molecule has 3 aliphatic rings. The number of nitrogens with zero attached hydrogens (tertiary/aromatic N) is 4. The minimum Gasteiger partial charge on any atom is -0.381 e. The number of ether oxygens (including phenoxy) is 2. The Morgan fingerprint density at radius 2 is 2.09 bits per heavy atom. The van der Waals surface area contributed by atoms with Crippen LogP contribution in [0.1, 0.15) is 29.2 Å². The van der Waals surface area contributed by atoms with Crippen molar-refractivity contribution in [3.63, 3.8) is 0 Å². The molecule has 3 aromatic rings. The molecule has 34 heavy (non-hydrogen) atoms. The second-order valence-corrected chi connectivity index (χ2v) is 9.12. The highest BCUT2D eigenvalue weighted by Gasteiger charge is 2.55. The Kier molecular flexibility index (Phi) is 5.03. The molecule has 1 saturated heterocycles. The number of fused-ring (bicyclic) bond motifs is 2. The number of amides is 1. The Hall–Kier alpha value is -3.44. The third kappa shape index (κ3) is 3.34. The highest BCUT2D eigenvalue weighted by atomic mass is 16.5. The van der Waals surface area contributed by atoms with Gasteiger partial charge in [0.25, 0.3) is 11.5 Å². The third-order valence-corrected chi connectivity index (χ3v) is 7.27. The zero-order valence-corrected chi connectivity index (χ0v) is 19.0. The van der Waals surface area contributed by atoms with Crippen molar-refractivity contribution in [3.05, 3.63) is 46.5 Å². The maximum Gasteiger partial charge on any atom is 0.274 e. The van der Waals surface area contributed by atoms with Crippen LogP contribution >= 0.6 is 0 Å². The molecular formula is C23H27N7O4. The van der Waals surface area contributed by atoms with Crippen LogP contribution in [0.2, 0.25) is 0 Å². The van der Waals surface area contributed by atoms with Crippen molar-refractivity contribution in [2.45, 2.75) is 31.0 Å². The van der Waals surface area contributed by atoms with E-state index in [-0.39, 0.29) is 29.7 Å². The Morgan fingerprint density at radius 1 is 1.26 bits per heavy atom. The quantitative estimate of drug-likeness (QED) is 0.478. The number of methoxy groups -OCH3 is 1. The number of anilines is 3. The fourth-order valence-corrected chi connectivity index (χ4v) is 5.13. The van der Waals surface area contributed by atoms with E-state index in [1.165, 1.54) is 6.20 Å². The van der Waals surface area contributed by atoms with Crippen molar-refractivity contribution in [2.75, 3.05) is 38.0 Å². The van der Waals surface area contributed by atoms with Crippen molar-refractivity contribution in [2.24, 2.45) is 11.8 Å². The van der Waals surface area contributed by atoms with E-state index in [4.69, 9.17) is 9.47 Å². The molecule has 178 valence electrons. The first-order valence-electron chi connectivity index (χ1n) is 11.5. The van der Waals surface area contributed by atoms with Crippen LogP contribution in [0.15, 0.2) is 35.4 Å². The summed E-state index contributed by atoms with van der Waals surface area (Å²) in [5.74, 6) is 1.66. The monoisotopic (exact) mass is 465 g/mol. The van der Waals surface area contributed by atoms with E-state index in [0.29, 0.717) is 53.6 Å². The number of hydrogen-bond acceptors (Lipinski definition) is 8. The van der Waals surface area contributed by atoms with Crippen molar-refractivity contribution in [1.82, 2.24) is 24.5 Å². The van der Waals surface area contributed by atoms with Gasteiger partial charge in [-0.05, 0) is 25.0 Å². The maximum absolute atomic E-state index is 13.2. The van der Waals surface area contributed by atoms with Gasteiger partial charge in [0.05, 0.1) is 31.6 Å². The number of carbonyl (C=O) groups excluding carboxylic acids is 1. The molecule has 3 fully saturated rings. The predicted molar refractivity (Wildman–Crippen MR) is 125 cm³/mol. The summed E-state index contributed by atoms with van der Waals surface area (Å²) in [7, 11) is 3.42. The summed E-state index contributed by atoms with van der Waals surface area (Å²) in [6.45, 7) is 1.42. The van der Waals surface area contributed by atoms with E-state index in [1.807, 2.05) is 12.3 Å². The molecule has 3 aromatic heterocycles. The summed E-state index contributed by atoms with van der Waals surface area (Å²) in [4.78, 5) is 30.8. The molecule has 0 radical (unpaired) electrons. The van der Waals surface area contributed by atoms with Gasteiger partial charge in [-0.1, -0.05) is 0 Å². The smallest absolute Gasteiger partial charge is 0.274 e. The van der Waals surface area contributed by atoms with Crippen molar-refractivity contribution >= 4 is 28.9 Å². The second-order valence-electron chi connectivity index (χ2n) is 9.12. The molecule has 3 N–H and O–H groups in total. The summed E-state index contributed by atoms with van der Waals surface area (Å²) < 4.78 is 14.2. The average molecular weight is 466 g/mol. The molecule has 1 amide bonds. The summed E-state index contributed by atoms with van der Waals surface area (Å²) in [6, 6.07) is 5.53. The van der Waals surface area contributed by atoms with Gasteiger partial charge in [0.15, 0.2) is 5.65 Å². The van der Waals surface area contributed by atoms with E-state index < -0.39 is 0 Å². The molecule has 6 rings (SSSR count). The standard InChI is InChI=1S/C23H27N7O4/c1-24-19-8-18(26-16-4-3-7-29(23(16)32)20-13-10-34-11-14(13)20)28-21-12(9-25-30(19)21)22(31)27-15-5-6-17(15)33-2/h3-4,7-9,13-15,17,20,24H,5-6,10-11H2,1-2H3,(H,26,28)(H,27,31)/t13-,14+,15-,17-,20+/m1/s1. The second kappa shape index (κ2) is 8.10. The lowest BCUT2D eigenvalue weighted by Crippen LogP contribution is -2.51. The van der Waals surface area contributed by atoms with E-state index in [9.17, 15) is 9.59 Å². The summed E-state index contributed by atoms with van der Waals surface area (Å²) in [5.41, 5.74) is 1.08. The Labute approximate surface area is 195 Å². The highest BCUT2D eigenvalue weighted by Crippen LogP contribution is 2.53. The first-order valence-corrected chi connectivity index (χ1v) is 11.5. The number of pyridine rings is 1. The normalized spacial score (nSPS) is 27.2. The van der Waals surface area contributed by atoms with Crippen LogP contribution in [0.3, 0.4) is 0 Å². The maximum atomic E-state index is 13.2. The molecule has 4 heterocycles. The summed E-state index contributed by atoms with van der Waals surface area (Å²) in [6.07, 6.45) is 5.17. The van der Waals surface area contributed by atoms with E-state index in [0.717, 1.165) is 12.8 Å². The van der Waals surface area contributed by atoms with Crippen LogP contribution in [-0.4, -0.2) is 64.6 Å². The molecule has 11 nitrogen and oxygen atoms in total. The van der Waals surface area contributed by atoms with Crippen LogP contribution in [0.5, 0.6) is 0 Å². The topological polar surface area (TPSA) is 124 Å². The first kappa shape index (κ1) is 21.1. The number of carbonyl (C=O) groups is 1. The fourth-order valence-electron chi connectivity index (χ4n) is 5.13. The minimum absolute atomic E-state index is 0.0207. The third-order valence-electron chi connectivity index (χ3n) is 7.27. The first-order chi connectivity index (χ1) is 16.6. The largest absolute Gasteiger partial charge is 0.381 e. The van der Waals surface area contributed by atoms with Crippen LogP contribution < -0.4 is 21.5 Å². The number of nitrogens with one attached hydrogen (secondary N) is 3. The van der Waals surface area contributed by atoms with Gasteiger partial charge >= 0.3 is 0 Å². The van der Waals surface area contributed by atoms with Gasteiger partial charge in [0, 0.05) is 44.3 Å². The van der Waals surface area contributed by atoms with Gasteiger partial charge in [-0.2, -0.15) is 9.61 Å². The molecule has 5 atom stereocenters. The molecule has 0 aromatic carbocycles. The number of hydrogen-bond donors (Lipinski definition) is 3. The van der Waals surface area contributed by atoms with Crippen molar-refractivity contribution in [1.29, 1.82) is 0 Å². The van der Waals surface area contributed by atoms with Gasteiger partial charge in [0.2, 0.25) is 0 Å². The van der Waals surface area contributed by atoms with Crippen molar-refractivity contribution in [3.8, 4) is 0 Å². The Morgan fingerprint density at radius 3 is 2.79 bits per heavy atom. The lowest BCUT2D eigenvalue weighted by atomic mass is 9.89. The zero-order valence-electron chi connectivity index (χ0n) is 19.0. The zero-order chi connectivity index (χ0) is 23.4. The molecule has 0 spiro atoms. The Balaban J connectivity index is 1.30. The van der Waals surface area contributed by atoms with Crippen LogP contribution in [0.25, 0.3) is 5.65 Å². The van der Waals surface area contributed by atoms with Crippen LogP contribution in [0, 0.1) is 11.8 Å². The predicted octanol–water partition coefficient (Wildman–Crippen LogP) is 1.40. The van der Waals surface area contributed by atoms with E-state index in [1.54, 1.807) is 35.4 Å². The molecule has 2 aliphatic carbocycles. The SMILES string of the molecule is CNc1cc(Nc2cccn([C@H]3[C@@H]4COC[C@@H]43)c2=O)nc2c(C(=O)N[C@@H]3CC[C@H]3OC)cnn12. The van der Waals surface area contributed by atoms with Gasteiger partial charge < -0.3 is 30.0 Å². The lowest BCUT2D eigenvalue weighted by molar-refractivity contribution is 0.00732. The highest BCUT2D eigenvalue weighted by molar-refractivity contribution is 6.00. The molecule has 1 aliphatic heterocycles. The van der Waals surface area contributed by atoms with Gasteiger partial charge in [-0.25, -0.2) is 4.98 Å². The van der Waals surface area contributed by atoms with E-state index >= 15 is 0 Å². The van der Waals surface area contributed by atoms with Gasteiger partial charge in [-0.3, -0.25) is 9.59 Å². The van der Waals surface area contributed by atoms with Crippen LogP contribution in [-0.2, 0) is 9.47 Å². The van der Waals surface area contributed by atoms with Crippen LogP contribution in [0.4, 0.5) is 17.3 Å². The summed E-state index contributed by atoms with van der Waals surface area (Å²) >= 11 is 0. The number of aromatic nitrogens is 4. The van der Waals surface area contributed by atoms with Gasteiger partial charge in [-0.15, -0.1) is 0 Å². The molecular weight excluding hydrogens is 438 g/mol. The number of rotatable bonds is 7. The van der Waals surface area contributed by atoms with E-state index in [2.05, 4.69) is 26.0 Å². The molecule has 2 saturated carbocycles. The molecule has 0 unspecified atom stereocenters. The summed E-state index contributed by atoms with van der Waals surface area (Å²) in [5, 5.41) is 13.6. The Bertz CT molecular complexity index is 1310. The average Bonchev–Trinajstić information content (AvgIpc) is 3.15. The van der Waals surface area contributed by atoms with Gasteiger partial charge in [0.1, 0.15) is 22.9 Å². The fraction of sp³-hybridized carbons (Fsp3) is 0.478. The minimum atomic E-state index is -0.252. The van der Waals surface area contributed by atoms with Crippen molar-refractivity contribution < 1.29 is 14.3 Å². The molecule has 0 bridgehead atoms. The molecule has 11 heteroatoms.